The van der Waals surface area contributed by atoms with Crippen LogP contribution in [0.5, 0.6) is 5.75 Å². The van der Waals surface area contributed by atoms with Crippen LogP contribution in [0.1, 0.15) is 32.9 Å². The summed E-state index contributed by atoms with van der Waals surface area (Å²) < 4.78 is 12.3. The van der Waals surface area contributed by atoms with Crippen molar-refractivity contribution in [2.45, 2.75) is 27.7 Å². The molecule has 0 N–H and O–H groups in total. The van der Waals surface area contributed by atoms with Gasteiger partial charge >= 0.3 is 5.97 Å². The van der Waals surface area contributed by atoms with Gasteiger partial charge in [-0.2, -0.15) is 0 Å². The molecule has 0 amide bonds. The van der Waals surface area contributed by atoms with Gasteiger partial charge in [0.1, 0.15) is 5.75 Å². The summed E-state index contributed by atoms with van der Waals surface area (Å²) in [6, 6.07) is 7.40. The van der Waals surface area contributed by atoms with Crippen molar-refractivity contribution >= 4 is 11.8 Å². The summed E-state index contributed by atoms with van der Waals surface area (Å²) in [4.78, 5) is 23.9. The highest BCUT2D eigenvalue weighted by molar-refractivity contribution is 5.99. The molecule has 128 valence electrons. The molecule has 0 bridgehead atoms. The number of aromatic nitrogens is 1. The number of ether oxygens (including phenoxy) is 2. The first-order valence-electron chi connectivity index (χ1n) is 7.81. The highest BCUT2D eigenvalue weighted by atomic mass is 16.6. The summed E-state index contributed by atoms with van der Waals surface area (Å²) in [7, 11) is 1.89. The molecule has 24 heavy (non-hydrogen) atoms. The monoisotopic (exact) mass is 329 g/mol. The van der Waals surface area contributed by atoms with Crippen LogP contribution in [0.3, 0.4) is 0 Å². The van der Waals surface area contributed by atoms with E-state index in [1.165, 1.54) is 0 Å². The Morgan fingerprint density at radius 1 is 1.00 bits per heavy atom. The number of esters is 1. The molecule has 2 aromatic rings. The standard InChI is InChI=1S/C19H23NO4/c1-12-6-7-16(8-13(12)2)23-11-19(22)24-10-18(21)17-9-14(3)20(5)15(17)4/h6-9H,10-11H2,1-5H3. The SMILES string of the molecule is Cc1ccc(OCC(=O)OCC(=O)c2cc(C)n(C)c2C)cc1C. The smallest absolute Gasteiger partial charge is 0.344 e. The Morgan fingerprint density at radius 2 is 1.71 bits per heavy atom. The third kappa shape index (κ3) is 4.04. The van der Waals surface area contributed by atoms with Crippen molar-refractivity contribution in [2.75, 3.05) is 13.2 Å². The molecule has 0 aliphatic carbocycles. The molecular weight excluding hydrogens is 306 g/mol. The van der Waals surface area contributed by atoms with Gasteiger partial charge in [0.25, 0.3) is 0 Å². The summed E-state index contributed by atoms with van der Waals surface area (Å²) >= 11 is 0. The van der Waals surface area contributed by atoms with Crippen LogP contribution in [-0.4, -0.2) is 29.5 Å². The molecule has 5 heteroatoms. The van der Waals surface area contributed by atoms with Crippen LogP contribution >= 0.6 is 0 Å². The second kappa shape index (κ2) is 7.34. The van der Waals surface area contributed by atoms with Crippen LogP contribution in [0.4, 0.5) is 0 Å². The molecule has 0 fully saturated rings. The van der Waals surface area contributed by atoms with Crippen molar-refractivity contribution in [1.29, 1.82) is 0 Å². The Morgan fingerprint density at radius 3 is 2.29 bits per heavy atom. The average molecular weight is 329 g/mol. The topological polar surface area (TPSA) is 57.5 Å². The number of hydrogen-bond donors (Lipinski definition) is 0. The van der Waals surface area contributed by atoms with E-state index in [-0.39, 0.29) is 19.0 Å². The van der Waals surface area contributed by atoms with E-state index < -0.39 is 5.97 Å². The van der Waals surface area contributed by atoms with Gasteiger partial charge < -0.3 is 14.0 Å². The van der Waals surface area contributed by atoms with Crippen LogP contribution in [0, 0.1) is 27.7 Å². The summed E-state index contributed by atoms with van der Waals surface area (Å²) in [5, 5.41) is 0. The fraction of sp³-hybridized carbons (Fsp3) is 0.368. The lowest BCUT2D eigenvalue weighted by Crippen LogP contribution is -2.19. The zero-order valence-electron chi connectivity index (χ0n) is 14.8. The molecule has 0 unspecified atom stereocenters. The van der Waals surface area contributed by atoms with Crippen LogP contribution in [0.2, 0.25) is 0 Å². The highest BCUT2D eigenvalue weighted by Gasteiger charge is 2.16. The molecule has 1 heterocycles. The van der Waals surface area contributed by atoms with Gasteiger partial charge in [-0.05, 0) is 57.0 Å². The maximum Gasteiger partial charge on any atom is 0.344 e. The summed E-state index contributed by atoms with van der Waals surface area (Å²) in [6.07, 6.45) is 0. The molecule has 1 aromatic carbocycles. The number of aryl methyl sites for hydroxylation is 3. The van der Waals surface area contributed by atoms with Crippen LogP contribution in [-0.2, 0) is 16.6 Å². The normalized spacial score (nSPS) is 10.5. The third-order valence-corrected chi connectivity index (χ3v) is 4.27. The molecule has 0 saturated carbocycles. The van der Waals surface area contributed by atoms with Gasteiger partial charge in [0.05, 0.1) is 0 Å². The molecule has 0 aliphatic rings. The second-order valence-electron chi connectivity index (χ2n) is 5.96. The van der Waals surface area contributed by atoms with Crippen molar-refractivity contribution in [3.8, 4) is 5.75 Å². The lowest BCUT2D eigenvalue weighted by molar-refractivity contribution is -0.144. The molecular formula is C19H23NO4. The number of carbonyl (C=O) groups is 2. The van der Waals surface area contributed by atoms with E-state index in [0.717, 1.165) is 22.5 Å². The number of benzene rings is 1. The molecule has 0 aliphatic heterocycles. The van der Waals surface area contributed by atoms with Gasteiger partial charge in [0, 0.05) is 24.0 Å². The lowest BCUT2D eigenvalue weighted by atomic mass is 10.1. The number of ketones is 1. The first kappa shape index (κ1) is 17.8. The minimum atomic E-state index is -0.563. The predicted octanol–water partition coefficient (Wildman–Crippen LogP) is 3.06. The van der Waals surface area contributed by atoms with E-state index in [0.29, 0.717) is 11.3 Å². The van der Waals surface area contributed by atoms with E-state index in [4.69, 9.17) is 9.47 Å². The van der Waals surface area contributed by atoms with Gasteiger partial charge in [0.15, 0.2) is 13.2 Å². The fourth-order valence-electron chi connectivity index (χ4n) is 2.35. The average Bonchev–Trinajstić information content (AvgIpc) is 2.81. The van der Waals surface area contributed by atoms with E-state index in [1.54, 1.807) is 12.1 Å². The van der Waals surface area contributed by atoms with E-state index in [2.05, 4.69) is 0 Å². The zero-order valence-corrected chi connectivity index (χ0v) is 14.8. The quantitative estimate of drug-likeness (QED) is 0.604. The van der Waals surface area contributed by atoms with Crippen molar-refractivity contribution in [3.05, 3.63) is 52.3 Å². The predicted molar refractivity (Wildman–Crippen MR) is 91.6 cm³/mol. The molecule has 0 atom stereocenters. The van der Waals surface area contributed by atoms with Gasteiger partial charge in [-0.3, -0.25) is 4.79 Å². The minimum absolute atomic E-state index is 0.212. The lowest BCUT2D eigenvalue weighted by Gasteiger charge is -2.08. The first-order valence-corrected chi connectivity index (χ1v) is 7.81. The minimum Gasteiger partial charge on any atom is -0.482 e. The fourth-order valence-corrected chi connectivity index (χ4v) is 2.35. The van der Waals surface area contributed by atoms with Gasteiger partial charge in [0.2, 0.25) is 5.78 Å². The van der Waals surface area contributed by atoms with Crippen molar-refractivity contribution < 1.29 is 19.1 Å². The molecule has 2 rings (SSSR count). The Hall–Kier alpha value is -2.56. The Labute approximate surface area is 142 Å². The van der Waals surface area contributed by atoms with Crippen molar-refractivity contribution in [2.24, 2.45) is 7.05 Å². The number of Topliss-reactive ketones (excluding diaryl/α,β-unsaturated/α-hetero) is 1. The third-order valence-electron chi connectivity index (χ3n) is 4.27. The van der Waals surface area contributed by atoms with E-state index in [9.17, 15) is 9.59 Å². The Balaban J connectivity index is 1.85. The number of carbonyl (C=O) groups excluding carboxylic acids is 2. The highest BCUT2D eigenvalue weighted by Crippen LogP contribution is 2.16. The van der Waals surface area contributed by atoms with Gasteiger partial charge in [-0.25, -0.2) is 4.79 Å². The Bertz CT molecular complexity index is 774. The number of hydrogen-bond acceptors (Lipinski definition) is 4. The van der Waals surface area contributed by atoms with Gasteiger partial charge in [-0.15, -0.1) is 0 Å². The number of nitrogens with zero attached hydrogens (tertiary/aromatic N) is 1. The van der Waals surface area contributed by atoms with E-state index >= 15 is 0 Å². The van der Waals surface area contributed by atoms with Gasteiger partial charge in [-0.1, -0.05) is 6.07 Å². The van der Waals surface area contributed by atoms with Crippen LogP contribution < -0.4 is 4.74 Å². The largest absolute Gasteiger partial charge is 0.482 e. The van der Waals surface area contributed by atoms with Crippen LogP contribution in [0.25, 0.3) is 0 Å². The molecule has 1 aromatic heterocycles. The number of rotatable bonds is 6. The maximum absolute atomic E-state index is 12.2. The Kier molecular flexibility index (Phi) is 5.44. The molecule has 0 saturated heterocycles. The van der Waals surface area contributed by atoms with E-state index in [1.807, 2.05) is 51.4 Å². The van der Waals surface area contributed by atoms with Crippen molar-refractivity contribution in [1.82, 2.24) is 4.57 Å². The molecule has 0 radical (unpaired) electrons. The molecule has 0 spiro atoms. The first-order chi connectivity index (χ1) is 11.3. The molecule has 5 nitrogen and oxygen atoms in total. The summed E-state index contributed by atoms with van der Waals surface area (Å²) in [5.74, 6) is -0.168. The van der Waals surface area contributed by atoms with Crippen molar-refractivity contribution in [3.63, 3.8) is 0 Å². The second-order valence-corrected chi connectivity index (χ2v) is 5.96. The summed E-state index contributed by atoms with van der Waals surface area (Å²) in [6.45, 7) is 7.27. The van der Waals surface area contributed by atoms with Crippen LogP contribution in [0.15, 0.2) is 24.3 Å². The maximum atomic E-state index is 12.2. The summed E-state index contributed by atoms with van der Waals surface area (Å²) in [5.41, 5.74) is 4.67. The zero-order chi connectivity index (χ0) is 17.9.